The molecule has 0 aliphatic carbocycles. The molecule has 7 heteroatoms. The monoisotopic (exact) mass is 368 g/mol. The van der Waals surface area contributed by atoms with Gasteiger partial charge in [0, 0.05) is 0 Å². The highest BCUT2D eigenvalue weighted by atomic mass is 32.2. The van der Waals surface area contributed by atoms with Gasteiger partial charge in [0.25, 0.3) is 0 Å². The number of aldehydes is 1. The second-order valence-electron chi connectivity index (χ2n) is 7.04. The molecule has 1 amide bonds. The molecule has 0 aliphatic heterocycles. The number of carbonyl (C=O) groups excluding carboxylic acids is 2. The molecule has 0 spiro atoms. The topological polar surface area (TPSA) is 92.3 Å². The van der Waals surface area contributed by atoms with Gasteiger partial charge in [-0.2, -0.15) is 4.72 Å². The van der Waals surface area contributed by atoms with E-state index < -0.39 is 28.0 Å². The zero-order valence-electron chi connectivity index (χ0n) is 15.4. The Bertz CT molecular complexity index is 682. The van der Waals surface area contributed by atoms with E-state index in [2.05, 4.69) is 10.0 Å². The molecule has 0 saturated heterocycles. The summed E-state index contributed by atoms with van der Waals surface area (Å²) in [6, 6.07) is 4.81. The fraction of sp³-hybridized carbons (Fsp3) is 0.556. The van der Waals surface area contributed by atoms with E-state index in [1.54, 1.807) is 26.0 Å². The standard InChI is InChI=1S/C18H28N2O4S/c1-12(2)10-15(11-21)19-18(22)17(13(3)4)20-25(23,24)16-8-6-14(5)7-9-16/h6-9,11-13,15,17,20H,10H2,1-5H3,(H,19,22)/t15-,17-/m0/s1. The summed E-state index contributed by atoms with van der Waals surface area (Å²) in [5.74, 6) is -0.535. The maximum atomic E-state index is 12.5. The van der Waals surface area contributed by atoms with Crippen molar-refractivity contribution in [3.63, 3.8) is 0 Å². The summed E-state index contributed by atoms with van der Waals surface area (Å²) >= 11 is 0. The summed E-state index contributed by atoms with van der Waals surface area (Å²) in [4.78, 5) is 23.8. The largest absolute Gasteiger partial charge is 0.345 e. The molecule has 0 unspecified atom stereocenters. The highest BCUT2D eigenvalue weighted by molar-refractivity contribution is 7.89. The van der Waals surface area contributed by atoms with Crippen molar-refractivity contribution in [2.24, 2.45) is 11.8 Å². The van der Waals surface area contributed by atoms with Crippen LogP contribution in [0.1, 0.15) is 39.7 Å². The number of hydrogen-bond donors (Lipinski definition) is 2. The Morgan fingerprint density at radius 2 is 1.68 bits per heavy atom. The average molecular weight is 368 g/mol. The molecule has 0 aromatic heterocycles. The molecule has 2 atom stereocenters. The van der Waals surface area contributed by atoms with E-state index in [1.165, 1.54) is 12.1 Å². The summed E-state index contributed by atoms with van der Waals surface area (Å²) in [5, 5.41) is 2.63. The van der Waals surface area contributed by atoms with Crippen LogP contribution in [0.5, 0.6) is 0 Å². The highest BCUT2D eigenvalue weighted by Gasteiger charge is 2.29. The van der Waals surface area contributed by atoms with Gasteiger partial charge in [0.2, 0.25) is 15.9 Å². The number of hydrogen-bond acceptors (Lipinski definition) is 4. The lowest BCUT2D eigenvalue weighted by Crippen LogP contribution is -2.52. The minimum absolute atomic E-state index is 0.102. The summed E-state index contributed by atoms with van der Waals surface area (Å²) in [6.07, 6.45) is 1.19. The minimum atomic E-state index is -3.83. The molecule has 0 radical (unpaired) electrons. The Hall–Kier alpha value is -1.73. The van der Waals surface area contributed by atoms with Crippen molar-refractivity contribution >= 4 is 22.2 Å². The van der Waals surface area contributed by atoms with Gasteiger partial charge in [-0.15, -0.1) is 0 Å². The third-order valence-electron chi connectivity index (χ3n) is 3.78. The molecule has 1 rings (SSSR count). The van der Waals surface area contributed by atoms with Gasteiger partial charge < -0.3 is 10.1 Å². The second kappa shape index (κ2) is 9.10. The maximum absolute atomic E-state index is 12.5. The van der Waals surface area contributed by atoms with Gasteiger partial charge in [-0.25, -0.2) is 8.42 Å². The molecular formula is C18H28N2O4S. The molecule has 25 heavy (non-hydrogen) atoms. The predicted octanol–water partition coefficient (Wildman–Crippen LogP) is 2.03. The first-order chi connectivity index (χ1) is 11.6. The summed E-state index contributed by atoms with van der Waals surface area (Å²) in [5.41, 5.74) is 0.944. The second-order valence-corrected chi connectivity index (χ2v) is 8.75. The molecule has 2 N–H and O–H groups in total. The van der Waals surface area contributed by atoms with Crippen LogP contribution >= 0.6 is 0 Å². The Kier molecular flexibility index (Phi) is 7.76. The van der Waals surface area contributed by atoms with Crippen LogP contribution in [0.15, 0.2) is 29.2 Å². The Labute approximate surface area is 150 Å². The van der Waals surface area contributed by atoms with Crippen molar-refractivity contribution in [3.05, 3.63) is 29.8 Å². The van der Waals surface area contributed by atoms with Crippen LogP contribution in [0.2, 0.25) is 0 Å². The van der Waals surface area contributed by atoms with E-state index in [0.29, 0.717) is 12.7 Å². The van der Waals surface area contributed by atoms with Crippen LogP contribution in [0, 0.1) is 18.8 Å². The van der Waals surface area contributed by atoms with E-state index in [9.17, 15) is 18.0 Å². The molecule has 1 aromatic carbocycles. The summed E-state index contributed by atoms with van der Waals surface area (Å²) < 4.78 is 27.5. The molecular weight excluding hydrogens is 340 g/mol. The number of nitrogens with one attached hydrogen (secondary N) is 2. The molecule has 0 fully saturated rings. The van der Waals surface area contributed by atoms with Gasteiger partial charge in [0.05, 0.1) is 10.9 Å². The first-order valence-electron chi connectivity index (χ1n) is 8.41. The van der Waals surface area contributed by atoms with Crippen LogP contribution in [0.4, 0.5) is 0 Å². The van der Waals surface area contributed by atoms with E-state index >= 15 is 0 Å². The Morgan fingerprint density at radius 1 is 1.12 bits per heavy atom. The zero-order valence-corrected chi connectivity index (χ0v) is 16.3. The molecule has 0 bridgehead atoms. The number of benzene rings is 1. The van der Waals surface area contributed by atoms with Crippen molar-refractivity contribution in [1.29, 1.82) is 0 Å². The lowest BCUT2D eigenvalue weighted by Gasteiger charge is -2.24. The van der Waals surface area contributed by atoms with Crippen molar-refractivity contribution in [1.82, 2.24) is 10.0 Å². The molecule has 6 nitrogen and oxygen atoms in total. The van der Waals surface area contributed by atoms with Crippen molar-refractivity contribution < 1.29 is 18.0 Å². The quantitative estimate of drug-likeness (QED) is 0.652. The van der Waals surface area contributed by atoms with Gasteiger partial charge >= 0.3 is 0 Å². The minimum Gasteiger partial charge on any atom is -0.345 e. The first-order valence-corrected chi connectivity index (χ1v) is 9.89. The Balaban J connectivity index is 2.94. The number of rotatable bonds is 9. The van der Waals surface area contributed by atoms with Crippen molar-refractivity contribution in [3.8, 4) is 0 Å². The maximum Gasteiger partial charge on any atom is 0.241 e. The van der Waals surface area contributed by atoms with E-state index in [0.717, 1.165) is 5.56 Å². The number of amides is 1. The molecule has 0 saturated carbocycles. The van der Waals surface area contributed by atoms with Gasteiger partial charge in [0.15, 0.2) is 0 Å². The molecule has 0 aliphatic rings. The molecule has 0 heterocycles. The van der Waals surface area contributed by atoms with Gasteiger partial charge in [-0.05, 0) is 37.3 Å². The number of aryl methyl sites for hydroxylation is 1. The SMILES string of the molecule is Cc1ccc(S(=O)(=O)N[C@H](C(=O)N[C@H](C=O)CC(C)C)C(C)C)cc1. The number of carbonyl (C=O) groups is 2. The van der Waals surface area contributed by atoms with Gasteiger partial charge in [-0.3, -0.25) is 4.79 Å². The fourth-order valence-electron chi connectivity index (χ4n) is 2.37. The first kappa shape index (κ1) is 21.3. The van der Waals surface area contributed by atoms with Gasteiger partial charge in [-0.1, -0.05) is 45.4 Å². The van der Waals surface area contributed by atoms with Crippen LogP contribution < -0.4 is 10.0 Å². The molecule has 140 valence electrons. The number of sulfonamides is 1. The lowest BCUT2D eigenvalue weighted by molar-refractivity contribution is -0.126. The third kappa shape index (κ3) is 6.59. The van der Waals surface area contributed by atoms with E-state index in [4.69, 9.17) is 0 Å². The highest BCUT2D eigenvalue weighted by Crippen LogP contribution is 2.13. The van der Waals surface area contributed by atoms with Crippen molar-refractivity contribution in [2.45, 2.75) is 58.0 Å². The Morgan fingerprint density at radius 3 is 2.12 bits per heavy atom. The fourth-order valence-corrected chi connectivity index (χ4v) is 3.72. The van der Waals surface area contributed by atoms with Crippen LogP contribution in [-0.4, -0.2) is 32.7 Å². The van der Waals surface area contributed by atoms with Crippen LogP contribution in [0.25, 0.3) is 0 Å². The lowest BCUT2D eigenvalue weighted by atomic mass is 10.0. The predicted molar refractivity (Wildman–Crippen MR) is 97.6 cm³/mol. The van der Waals surface area contributed by atoms with E-state index in [-0.39, 0.29) is 16.7 Å². The van der Waals surface area contributed by atoms with E-state index in [1.807, 2.05) is 20.8 Å². The average Bonchev–Trinajstić information content (AvgIpc) is 2.51. The zero-order chi connectivity index (χ0) is 19.2. The normalized spacial score (nSPS) is 14.4. The van der Waals surface area contributed by atoms with Crippen LogP contribution in [0.3, 0.4) is 0 Å². The van der Waals surface area contributed by atoms with Gasteiger partial charge in [0.1, 0.15) is 12.3 Å². The van der Waals surface area contributed by atoms with Crippen molar-refractivity contribution in [2.75, 3.05) is 0 Å². The summed E-state index contributed by atoms with van der Waals surface area (Å²) in [6.45, 7) is 9.26. The molecule has 1 aromatic rings. The summed E-state index contributed by atoms with van der Waals surface area (Å²) in [7, 11) is -3.83. The third-order valence-corrected chi connectivity index (χ3v) is 5.24. The smallest absolute Gasteiger partial charge is 0.241 e. The van der Waals surface area contributed by atoms with Crippen LogP contribution in [-0.2, 0) is 19.6 Å².